The molecule has 2 bridgehead atoms. The molecule has 138 valence electrons. The third-order valence-corrected chi connectivity index (χ3v) is 5.78. The van der Waals surface area contributed by atoms with E-state index in [0.717, 1.165) is 36.0 Å². The molecule has 0 N–H and O–H groups in total. The lowest BCUT2D eigenvalue weighted by atomic mass is 9.84. The molecule has 0 aromatic heterocycles. The molecule has 1 aliphatic carbocycles. The van der Waals surface area contributed by atoms with E-state index < -0.39 is 0 Å². The first-order valence-corrected chi connectivity index (χ1v) is 8.82. The van der Waals surface area contributed by atoms with Crippen molar-refractivity contribution in [3.8, 4) is 23.0 Å². The summed E-state index contributed by atoms with van der Waals surface area (Å²) >= 11 is 0. The van der Waals surface area contributed by atoms with E-state index in [1.54, 1.807) is 28.4 Å². The van der Waals surface area contributed by atoms with Gasteiger partial charge in [-0.1, -0.05) is 6.07 Å². The Labute approximate surface area is 154 Å². The van der Waals surface area contributed by atoms with E-state index in [9.17, 15) is 0 Å². The minimum atomic E-state index is 0.267. The van der Waals surface area contributed by atoms with Crippen LogP contribution in [0.3, 0.4) is 0 Å². The molecule has 2 aliphatic heterocycles. The largest absolute Gasteiger partial charge is 0.493 e. The average molecular weight is 355 g/mol. The fraction of sp³-hybridized carbons (Fsp3) is 0.429. The lowest BCUT2D eigenvalue weighted by Gasteiger charge is -2.36. The third kappa shape index (κ3) is 2.34. The lowest BCUT2D eigenvalue weighted by molar-refractivity contribution is 0.225. The number of nitrogens with zero attached hydrogens (tertiary/aromatic N) is 1. The van der Waals surface area contributed by atoms with Crippen LogP contribution in [0.2, 0.25) is 0 Å². The highest BCUT2D eigenvalue weighted by atomic mass is 16.5. The van der Waals surface area contributed by atoms with Crippen LogP contribution in [0.5, 0.6) is 23.0 Å². The van der Waals surface area contributed by atoms with Gasteiger partial charge in [0.15, 0.2) is 23.0 Å². The smallest absolute Gasteiger partial charge is 0.164 e. The molecule has 5 rings (SSSR count). The maximum Gasteiger partial charge on any atom is 0.164 e. The van der Waals surface area contributed by atoms with E-state index >= 15 is 0 Å². The topological polar surface area (TPSA) is 40.2 Å². The number of ether oxygens (including phenoxy) is 4. The van der Waals surface area contributed by atoms with Crippen LogP contribution >= 0.6 is 0 Å². The first-order chi connectivity index (χ1) is 12.6. The van der Waals surface area contributed by atoms with E-state index in [1.807, 2.05) is 6.07 Å². The minimum absolute atomic E-state index is 0.267. The van der Waals surface area contributed by atoms with Gasteiger partial charge in [-0.15, -0.1) is 0 Å². The molecular formula is C21H25NO4. The molecule has 26 heavy (non-hydrogen) atoms. The minimum Gasteiger partial charge on any atom is -0.493 e. The second kappa shape index (κ2) is 6.40. The summed E-state index contributed by atoms with van der Waals surface area (Å²) in [7, 11) is 8.96. The van der Waals surface area contributed by atoms with Gasteiger partial charge < -0.3 is 18.9 Å². The van der Waals surface area contributed by atoms with Gasteiger partial charge in [0.05, 0.1) is 28.4 Å². The number of benzene rings is 2. The maximum atomic E-state index is 5.75. The molecule has 2 aromatic carbocycles. The van der Waals surface area contributed by atoms with Crippen LogP contribution in [-0.4, -0.2) is 46.9 Å². The normalized spacial score (nSPS) is 20.8. The van der Waals surface area contributed by atoms with Crippen LogP contribution in [0.25, 0.3) is 0 Å². The van der Waals surface area contributed by atoms with Crippen molar-refractivity contribution < 1.29 is 18.9 Å². The summed E-state index contributed by atoms with van der Waals surface area (Å²) in [6, 6.07) is 8.74. The van der Waals surface area contributed by atoms with Gasteiger partial charge in [0.2, 0.25) is 0 Å². The molecule has 0 radical (unpaired) electrons. The summed E-state index contributed by atoms with van der Waals surface area (Å²) in [4.78, 5) is 2.42. The summed E-state index contributed by atoms with van der Waals surface area (Å²) in [6.45, 7) is 0.968. The molecule has 2 aromatic rings. The van der Waals surface area contributed by atoms with E-state index in [2.05, 4.69) is 30.1 Å². The quantitative estimate of drug-likeness (QED) is 0.841. The molecule has 0 saturated heterocycles. The zero-order valence-corrected chi connectivity index (χ0v) is 16.0. The van der Waals surface area contributed by atoms with Crippen LogP contribution < -0.4 is 18.9 Å². The van der Waals surface area contributed by atoms with Crippen molar-refractivity contribution in [3.63, 3.8) is 0 Å². The van der Waals surface area contributed by atoms with Gasteiger partial charge in [0.25, 0.3) is 0 Å². The van der Waals surface area contributed by atoms with Gasteiger partial charge in [-0.3, -0.25) is 4.90 Å². The second-order valence-corrected chi connectivity index (χ2v) is 6.92. The van der Waals surface area contributed by atoms with Crippen molar-refractivity contribution in [2.75, 3.05) is 42.0 Å². The average Bonchev–Trinajstić information content (AvgIpc) is 2.90. The molecule has 2 atom stereocenters. The van der Waals surface area contributed by atoms with Crippen LogP contribution in [0.1, 0.15) is 34.2 Å². The summed E-state index contributed by atoms with van der Waals surface area (Å²) in [5.74, 6) is 3.46. The Morgan fingerprint density at radius 1 is 0.808 bits per heavy atom. The van der Waals surface area contributed by atoms with Gasteiger partial charge in [-0.2, -0.15) is 0 Å². The van der Waals surface area contributed by atoms with Crippen molar-refractivity contribution in [3.05, 3.63) is 46.5 Å². The van der Waals surface area contributed by atoms with Crippen molar-refractivity contribution in [1.29, 1.82) is 0 Å². The maximum absolute atomic E-state index is 5.75. The zero-order valence-electron chi connectivity index (χ0n) is 16.0. The molecule has 0 unspecified atom stereocenters. The predicted octanol–water partition coefficient (Wildman–Crippen LogP) is 3.40. The lowest BCUT2D eigenvalue weighted by Crippen LogP contribution is -2.33. The van der Waals surface area contributed by atoms with E-state index in [1.165, 1.54) is 22.3 Å². The molecule has 0 fully saturated rings. The molecule has 5 heteroatoms. The Hall–Kier alpha value is -2.40. The number of likely N-dealkylation sites (N-methyl/N-ethyl adjacent to an activating group) is 1. The summed E-state index contributed by atoms with van der Waals surface area (Å²) in [6.07, 6.45) is 0.880. The number of methoxy groups -OCH3 is 4. The Balaban J connectivity index is 1.96. The van der Waals surface area contributed by atoms with Crippen LogP contribution in [0.4, 0.5) is 0 Å². The third-order valence-electron chi connectivity index (χ3n) is 5.78. The van der Waals surface area contributed by atoms with E-state index in [4.69, 9.17) is 18.9 Å². The van der Waals surface area contributed by atoms with Gasteiger partial charge >= 0.3 is 0 Å². The molecule has 0 amide bonds. The fourth-order valence-electron chi connectivity index (χ4n) is 4.52. The van der Waals surface area contributed by atoms with Crippen LogP contribution in [0.15, 0.2) is 24.3 Å². The molecule has 0 spiro atoms. The van der Waals surface area contributed by atoms with Gasteiger partial charge in [-0.05, 0) is 48.4 Å². The molecule has 2 heterocycles. The summed E-state index contributed by atoms with van der Waals surface area (Å²) < 4.78 is 22.4. The summed E-state index contributed by atoms with van der Waals surface area (Å²) in [5.41, 5.74) is 5.17. The van der Waals surface area contributed by atoms with Crippen molar-refractivity contribution in [2.45, 2.75) is 18.4 Å². The molecule has 5 nitrogen and oxygen atoms in total. The first-order valence-electron chi connectivity index (χ1n) is 8.82. The molecule has 3 aliphatic rings. The van der Waals surface area contributed by atoms with E-state index in [0.29, 0.717) is 0 Å². The number of fused-ring (bicyclic) bond motifs is 1. The summed E-state index contributed by atoms with van der Waals surface area (Å²) in [5, 5.41) is 0. The highest BCUT2D eigenvalue weighted by Crippen LogP contribution is 2.51. The number of hydrogen-bond acceptors (Lipinski definition) is 5. The monoisotopic (exact) mass is 355 g/mol. The Morgan fingerprint density at radius 3 is 2.08 bits per heavy atom. The Kier molecular flexibility index (Phi) is 4.19. The van der Waals surface area contributed by atoms with Crippen molar-refractivity contribution in [2.24, 2.45) is 0 Å². The van der Waals surface area contributed by atoms with Gasteiger partial charge in [-0.25, -0.2) is 0 Å². The Morgan fingerprint density at radius 2 is 1.46 bits per heavy atom. The number of rotatable bonds is 4. The second-order valence-electron chi connectivity index (χ2n) is 6.92. The van der Waals surface area contributed by atoms with Crippen LogP contribution in [0, 0.1) is 0 Å². The predicted molar refractivity (Wildman–Crippen MR) is 100 cm³/mol. The standard InChI is InChI=1S/C21H25NO4/c1-22-11-16-12-6-7-18(23-2)21(26-5)15(12)8-17(22)14-10-20(25-4)19(24-3)9-13(14)16/h6-7,9-10,16-17H,8,11H2,1-5H3/t16-,17+/m1/s1. The van der Waals surface area contributed by atoms with Gasteiger partial charge in [0.1, 0.15) is 0 Å². The first kappa shape index (κ1) is 17.0. The fourth-order valence-corrected chi connectivity index (χ4v) is 4.52. The van der Waals surface area contributed by atoms with Crippen molar-refractivity contribution >= 4 is 0 Å². The number of hydrogen-bond donors (Lipinski definition) is 0. The highest BCUT2D eigenvalue weighted by Gasteiger charge is 2.39. The van der Waals surface area contributed by atoms with E-state index in [-0.39, 0.29) is 12.0 Å². The SMILES string of the molecule is COc1cc2c(cc1OC)[C@@H]1Cc3c(ccc(OC)c3OC)[C@H]2CN1C. The Bertz CT molecular complexity index is 848. The highest BCUT2D eigenvalue weighted by molar-refractivity contribution is 5.60. The molecular weight excluding hydrogens is 330 g/mol. The molecule has 0 saturated carbocycles. The van der Waals surface area contributed by atoms with Crippen LogP contribution in [-0.2, 0) is 6.42 Å². The van der Waals surface area contributed by atoms with Crippen molar-refractivity contribution in [1.82, 2.24) is 4.90 Å². The zero-order chi connectivity index (χ0) is 18.4. The van der Waals surface area contributed by atoms with Gasteiger partial charge in [0, 0.05) is 24.1 Å².